The van der Waals surface area contributed by atoms with E-state index in [-0.39, 0.29) is 5.63 Å². The SMILES string of the molecule is Cc1c(-c2ccc(C(C)C)cc2)c2cccc(-c3nc4ccccc4s3)c2oc1=O. The number of hydrogen-bond acceptors (Lipinski definition) is 4. The predicted octanol–water partition coefficient (Wildman–Crippen LogP) is 7.17. The summed E-state index contributed by atoms with van der Waals surface area (Å²) in [6.45, 7) is 6.19. The first-order valence-corrected chi connectivity index (χ1v) is 10.9. The van der Waals surface area contributed by atoms with Crippen molar-refractivity contribution in [3.63, 3.8) is 0 Å². The number of hydrogen-bond donors (Lipinski definition) is 0. The molecule has 0 saturated heterocycles. The first-order valence-electron chi connectivity index (χ1n) is 10.1. The molecule has 3 nitrogen and oxygen atoms in total. The van der Waals surface area contributed by atoms with E-state index >= 15 is 0 Å². The van der Waals surface area contributed by atoms with Crippen LogP contribution >= 0.6 is 11.3 Å². The zero-order valence-electron chi connectivity index (χ0n) is 17.1. The van der Waals surface area contributed by atoms with E-state index in [1.54, 1.807) is 11.3 Å². The van der Waals surface area contributed by atoms with E-state index in [0.717, 1.165) is 37.3 Å². The average Bonchev–Trinajstić information content (AvgIpc) is 3.18. The lowest BCUT2D eigenvalue weighted by Crippen LogP contribution is -2.06. The molecule has 30 heavy (non-hydrogen) atoms. The van der Waals surface area contributed by atoms with E-state index < -0.39 is 0 Å². The van der Waals surface area contributed by atoms with Gasteiger partial charge in [0.1, 0.15) is 10.6 Å². The van der Waals surface area contributed by atoms with Gasteiger partial charge in [0.25, 0.3) is 0 Å². The average molecular weight is 412 g/mol. The van der Waals surface area contributed by atoms with Crippen molar-refractivity contribution < 1.29 is 4.42 Å². The molecular formula is C26H21NO2S. The van der Waals surface area contributed by atoms with Crippen molar-refractivity contribution in [3.05, 3.63) is 88.3 Å². The third kappa shape index (κ3) is 3.04. The maximum absolute atomic E-state index is 12.8. The number of benzene rings is 3. The fourth-order valence-electron chi connectivity index (χ4n) is 3.88. The van der Waals surface area contributed by atoms with E-state index in [0.29, 0.717) is 17.1 Å². The summed E-state index contributed by atoms with van der Waals surface area (Å²) < 4.78 is 6.92. The Bertz CT molecular complexity index is 1410. The largest absolute Gasteiger partial charge is 0.422 e. The third-order valence-electron chi connectivity index (χ3n) is 5.55. The Balaban J connectivity index is 1.77. The molecular weight excluding hydrogens is 390 g/mol. The molecule has 148 valence electrons. The summed E-state index contributed by atoms with van der Waals surface area (Å²) in [5.74, 6) is 0.461. The summed E-state index contributed by atoms with van der Waals surface area (Å²) in [6.07, 6.45) is 0. The number of para-hydroxylation sites is 2. The van der Waals surface area contributed by atoms with Crippen LogP contribution in [0.4, 0.5) is 0 Å². The van der Waals surface area contributed by atoms with Gasteiger partial charge in [0.05, 0.1) is 15.8 Å². The molecule has 4 heteroatoms. The van der Waals surface area contributed by atoms with Gasteiger partial charge in [-0.05, 0) is 42.2 Å². The normalized spacial score (nSPS) is 11.6. The molecule has 0 bridgehead atoms. The second kappa shape index (κ2) is 7.22. The Hall–Kier alpha value is -3.24. The van der Waals surface area contributed by atoms with Gasteiger partial charge in [0.2, 0.25) is 0 Å². The number of nitrogens with zero attached hydrogens (tertiary/aromatic N) is 1. The van der Waals surface area contributed by atoms with E-state index in [2.05, 4.69) is 44.2 Å². The van der Waals surface area contributed by atoms with Crippen LogP contribution in [0.5, 0.6) is 0 Å². The van der Waals surface area contributed by atoms with Crippen LogP contribution in [-0.2, 0) is 0 Å². The maximum Gasteiger partial charge on any atom is 0.339 e. The van der Waals surface area contributed by atoms with Crippen LogP contribution in [0.2, 0.25) is 0 Å². The molecule has 0 radical (unpaired) electrons. The van der Waals surface area contributed by atoms with Gasteiger partial charge in [0, 0.05) is 16.5 Å². The van der Waals surface area contributed by atoms with Crippen LogP contribution < -0.4 is 5.63 Å². The van der Waals surface area contributed by atoms with Gasteiger partial charge in [-0.2, -0.15) is 0 Å². The second-order valence-electron chi connectivity index (χ2n) is 7.84. The molecule has 5 rings (SSSR count). The molecule has 0 saturated carbocycles. The highest BCUT2D eigenvalue weighted by Crippen LogP contribution is 2.38. The Kier molecular flexibility index (Phi) is 4.52. The van der Waals surface area contributed by atoms with Gasteiger partial charge in [-0.15, -0.1) is 11.3 Å². The molecule has 0 N–H and O–H groups in total. The van der Waals surface area contributed by atoms with Crippen molar-refractivity contribution in [1.29, 1.82) is 0 Å². The first kappa shape index (κ1) is 18.8. The van der Waals surface area contributed by atoms with E-state index in [4.69, 9.17) is 9.40 Å². The molecule has 0 unspecified atom stereocenters. The number of thiazole rings is 1. The molecule has 0 amide bonds. The molecule has 0 atom stereocenters. The molecule has 0 aliphatic heterocycles. The van der Waals surface area contributed by atoms with Crippen molar-refractivity contribution in [2.45, 2.75) is 26.7 Å². The van der Waals surface area contributed by atoms with E-state index in [1.165, 1.54) is 5.56 Å². The van der Waals surface area contributed by atoms with Crippen LogP contribution in [0.15, 0.2) is 75.9 Å². The predicted molar refractivity (Wildman–Crippen MR) is 125 cm³/mol. The van der Waals surface area contributed by atoms with Gasteiger partial charge in [-0.1, -0.05) is 62.4 Å². The molecule has 0 spiro atoms. The highest BCUT2D eigenvalue weighted by Gasteiger charge is 2.18. The minimum Gasteiger partial charge on any atom is -0.422 e. The Morgan fingerprint density at radius 2 is 1.70 bits per heavy atom. The third-order valence-corrected chi connectivity index (χ3v) is 6.62. The van der Waals surface area contributed by atoms with Crippen molar-refractivity contribution >= 4 is 32.5 Å². The number of aromatic nitrogens is 1. The quantitative estimate of drug-likeness (QED) is 0.296. The number of rotatable bonds is 3. The number of fused-ring (bicyclic) bond motifs is 2. The summed E-state index contributed by atoms with van der Waals surface area (Å²) in [5, 5.41) is 1.79. The van der Waals surface area contributed by atoms with Gasteiger partial charge in [-0.3, -0.25) is 0 Å². The lowest BCUT2D eigenvalue weighted by atomic mass is 9.94. The van der Waals surface area contributed by atoms with E-state index in [9.17, 15) is 4.79 Å². The summed E-state index contributed by atoms with van der Waals surface area (Å²) in [4.78, 5) is 17.5. The zero-order valence-corrected chi connectivity index (χ0v) is 17.9. The van der Waals surface area contributed by atoms with Crippen molar-refractivity contribution in [1.82, 2.24) is 4.98 Å². The zero-order chi connectivity index (χ0) is 20.8. The van der Waals surface area contributed by atoms with E-state index in [1.807, 2.05) is 43.3 Å². The highest BCUT2D eigenvalue weighted by atomic mass is 32.1. The van der Waals surface area contributed by atoms with Gasteiger partial charge >= 0.3 is 5.63 Å². The molecule has 2 heterocycles. The van der Waals surface area contributed by atoms with Crippen LogP contribution in [0.1, 0.15) is 30.9 Å². The summed E-state index contributed by atoms with van der Waals surface area (Å²) in [7, 11) is 0. The monoisotopic (exact) mass is 411 g/mol. The standard InChI is InChI=1S/C26H21NO2S/c1-15(2)17-11-13-18(14-12-17)23-16(3)26(28)29-24-19(23)7-6-8-20(24)25-27-21-9-4-5-10-22(21)30-25/h4-15H,1-3H3. The highest BCUT2D eigenvalue weighted by molar-refractivity contribution is 7.21. The Morgan fingerprint density at radius 1 is 0.933 bits per heavy atom. The molecule has 2 aromatic heterocycles. The molecule has 0 aliphatic rings. The van der Waals surface area contributed by atoms with Crippen LogP contribution in [0, 0.1) is 6.92 Å². The molecule has 5 aromatic rings. The topological polar surface area (TPSA) is 43.1 Å². The Labute approximate surface area is 178 Å². The second-order valence-corrected chi connectivity index (χ2v) is 8.87. The lowest BCUT2D eigenvalue weighted by molar-refractivity contribution is 0.556. The van der Waals surface area contributed by atoms with Gasteiger partial charge < -0.3 is 4.42 Å². The van der Waals surface area contributed by atoms with Gasteiger partial charge in [0.15, 0.2) is 0 Å². The fourth-order valence-corrected chi connectivity index (χ4v) is 4.87. The van der Waals surface area contributed by atoms with Crippen molar-refractivity contribution in [3.8, 4) is 21.7 Å². The lowest BCUT2D eigenvalue weighted by Gasteiger charge is -2.12. The summed E-state index contributed by atoms with van der Waals surface area (Å²) in [6, 6.07) is 22.5. The van der Waals surface area contributed by atoms with Crippen LogP contribution in [0.25, 0.3) is 42.9 Å². The van der Waals surface area contributed by atoms with Crippen LogP contribution in [-0.4, -0.2) is 4.98 Å². The van der Waals surface area contributed by atoms with Crippen molar-refractivity contribution in [2.24, 2.45) is 0 Å². The summed E-state index contributed by atoms with van der Waals surface area (Å²) in [5.41, 5.74) is 5.95. The fraction of sp³-hybridized carbons (Fsp3) is 0.154. The summed E-state index contributed by atoms with van der Waals surface area (Å²) >= 11 is 1.61. The molecule has 0 fully saturated rings. The molecule has 3 aromatic carbocycles. The minimum atomic E-state index is -0.306. The smallest absolute Gasteiger partial charge is 0.339 e. The minimum absolute atomic E-state index is 0.306. The van der Waals surface area contributed by atoms with Gasteiger partial charge in [-0.25, -0.2) is 9.78 Å². The van der Waals surface area contributed by atoms with Crippen molar-refractivity contribution in [2.75, 3.05) is 0 Å². The van der Waals surface area contributed by atoms with Crippen LogP contribution in [0.3, 0.4) is 0 Å². The Morgan fingerprint density at radius 3 is 2.43 bits per heavy atom. The maximum atomic E-state index is 12.8. The first-order chi connectivity index (χ1) is 14.5. The molecule has 0 aliphatic carbocycles.